The highest BCUT2D eigenvalue weighted by molar-refractivity contribution is 5.89. The molecular formula is C35H42N16O2. The Balaban J connectivity index is 0.000000164. The van der Waals surface area contributed by atoms with Crippen LogP contribution in [0.2, 0.25) is 0 Å². The van der Waals surface area contributed by atoms with Crippen LogP contribution >= 0.6 is 0 Å². The number of fused-ring (bicyclic) bond motifs is 2. The summed E-state index contributed by atoms with van der Waals surface area (Å²) in [7, 11) is 5.69. The summed E-state index contributed by atoms with van der Waals surface area (Å²) in [5.41, 5.74) is 5.15. The highest BCUT2D eigenvalue weighted by Crippen LogP contribution is 2.26. The summed E-state index contributed by atoms with van der Waals surface area (Å²) < 4.78 is 5.43. The van der Waals surface area contributed by atoms with E-state index in [0.29, 0.717) is 23.7 Å². The van der Waals surface area contributed by atoms with Crippen LogP contribution < -0.4 is 21.3 Å². The molecule has 2 saturated heterocycles. The molecule has 8 heterocycles. The molecule has 6 aromatic heterocycles. The van der Waals surface area contributed by atoms with Gasteiger partial charge in [-0.2, -0.15) is 20.2 Å². The van der Waals surface area contributed by atoms with Gasteiger partial charge in [0.25, 0.3) is 0 Å². The molecule has 6 aromatic rings. The van der Waals surface area contributed by atoms with Crippen molar-refractivity contribution in [1.29, 1.82) is 0 Å². The highest BCUT2D eigenvalue weighted by atomic mass is 16.2. The van der Waals surface area contributed by atoms with Crippen LogP contribution in [0.15, 0.2) is 74.6 Å². The molecule has 2 aliphatic heterocycles. The summed E-state index contributed by atoms with van der Waals surface area (Å²) in [5, 5.41) is 21.4. The first kappa shape index (κ1) is 34.7. The lowest BCUT2D eigenvalue weighted by molar-refractivity contribution is -0.132. The summed E-state index contributed by atoms with van der Waals surface area (Å²) in [6, 6.07) is 3.87. The second kappa shape index (κ2) is 14.9. The maximum Gasteiger partial charge on any atom is 0.245 e. The van der Waals surface area contributed by atoms with Crippen molar-refractivity contribution >= 4 is 68.8 Å². The quantitative estimate of drug-likeness (QED) is 0.116. The molecule has 18 nitrogen and oxygen atoms in total. The number of rotatable bonds is 12. The number of likely N-dealkylation sites (tertiary alicyclic amines) is 2. The Morgan fingerprint density at radius 1 is 0.774 bits per heavy atom. The summed E-state index contributed by atoms with van der Waals surface area (Å²) >= 11 is 0. The minimum atomic E-state index is -0.0157. The highest BCUT2D eigenvalue weighted by Gasteiger charge is 2.30. The molecule has 53 heavy (non-hydrogen) atoms. The molecule has 0 aliphatic carbocycles. The standard InChI is InChI=1S/C18H22N8O.C17H20N8O/c1-4-15(27)26-9-12(10-26)7-19-17-16-14(5-6-24(16)2)22-18(23-17)21-13-8-20-25(3)11-13;1-3-14(26)25-8-11(9-25)6-19-16-15-13(4-5-18-15)22-17(23-16)21-12-7-20-24(2)10-12/h4-6,8,11-12H,1,7,9-10H2,2-3H3,(H2,19,21,22,23);3-5,7,10-11,18H,1,6,8-9H2,2H3,(H2,19,21,22,23). The van der Waals surface area contributed by atoms with E-state index in [1.54, 1.807) is 31.6 Å². The lowest BCUT2D eigenvalue weighted by Gasteiger charge is -2.38. The molecule has 2 amide bonds. The summed E-state index contributed by atoms with van der Waals surface area (Å²) in [4.78, 5) is 48.1. The zero-order valence-corrected chi connectivity index (χ0v) is 29.8. The van der Waals surface area contributed by atoms with Crippen LogP contribution in [0.1, 0.15) is 0 Å². The number of aryl methyl sites for hydroxylation is 3. The van der Waals surface area contributed by atoms with Gasteiger partial charge in [-0.15, -0.1) is 0 Å². The fourth-order valence-electron chi connectivity index (χ4n) is 6.23. The first-order valence-electron chi connectivity index (χ1n) is 17.2. The lowest BCUT2D eigenvalue weighted by Crippen LogP contribution is -2.51. The summed E-state index contributed by atoms with van der Waals surface area (Å²) in [6.45, 7) is 11.5. The smallest absolute Gasteiger partial charge is 0.245 e. The minimum Gasteiger partial charge on any atom is -0.368 e. The monoisotopic (exact) mass is 718 g/mol. The van der Waals surface area contributed by atoms with Crippen molar-refractivity contribution in [2.75, 3.05) is 60.5 Å². The van der Waals surface area contributed by atoms with Gasteiger partial charge in [0.1, 0.15) is 11.0 Å². The minimum absolute atomic E-state index is 0.0129. The number of nitrogens with zero attached hydrogens (tertiary/aromatic N) is 11. The van der Waals surface area contributed by atoms with E-state index in [2.05, 4.69) is 69.5 Å². The molecule has 274 valence electrons. The number of hydrogen-bond donors (Lipinski definition) is 5. The molecule has 0 atom stereocenters. The van der Waals surface area contributed by atoms with Crippen molar-refractivity contribution in [2.45, 2.75) is 0 Å². The molecule has 18 heteroatoms. The third-order valence-electron chi connectivity index (χ3n) is 9.05. The van der Waals surface area contributed by atoms with Gasteiger partial charge in [-0.1, -0.05) is 13.2 Å². The predicted molar refractivity (Wildman–Crippen MR) is 203 cm³/mol. The van der Waals surface area contributed by atoms with Crippen LogP contribution in [0.3, 0.4) is 0 Å². The zero-order valence-electron chi connectivity index (χ0n) is 29.8. The number of hydrogen-bond acceptors (Lipinski definition) is 12. The molecule has 0 aromatic carbocycles. The van der Waals surface area contributed by atoms with E-state index in [1.807, 2.05) is 62.6 Å². The second-order valence-electron chi connectivity index (χ2n) is 13.1. The van der Waals surface area contributed by atoms with Crippen LogP contribution in [0.4, 0.5) is 34.9 Å². The third kappa shape index (κ3) is 7.80. The summed E-state index contributed by atoms with van der Waals surface area (Å²) in [6.07, 6.45) is 13.7. The first-order valence-corrected chi connectivity index (χ1v) is 17.2. The molecule has 0 radical (unpaired) electrons. The Bertz CT molecular complexity index is 2270. The number of H-pyrrole nitrogens is 1. The lowest BCUT2D eigenvalue weighted by atomic mass is 10.00. The number of nitrogens with one attached hydrogen (secondary N) is 5. The van der Waals surface area contributed by atoms with Crippen molar-refractivity contribution in [3.05, 3.63) is 74.6 Å². The Labute approximate surface area is 305 Å². The summed E-state index contributed by atoms with van der Waals surface area (Å²) in [5.74, 6) is 3.29. The largest absolute Gasteiger partial charge is 0.368 e. The molecule has 0 spiro atoms. The average Bonchev–Trinajstić information content (AvgIpc) is 3.92. The molecular weight excluding hydrogens is 676 g/mol. The number of carbonyl (C=O) groups is 2. The number of aromatic nitrogens is 10. The first-order chi connectivity index (χ1) is 25.6. The Morgan fingerprint density at radius 2 is 1.30 bits per heavy atom. The van der Waals surface area contributed by atoms with Crippen LogP contribution in [-0.2, 0) is 30.7 Å². The number of anilines is 6. The van der Waals surface area contributed by atoms with E-state index in [4.69, 9.17) is 0 Å². The van der Waals surface area contributed by atoms with E-state index < -0.39 is 0 Å². The number of aromatic amines is 1. The Hall–Kier alpha value is -6.72. The van der Waals surface area contributed by atoms with Gasteiger partial charge in [0, 0.05) is 97.0 Å². The third-order valence-corrected chi connectivity index (χ3v) is 9.05. The Morgan fingerprint density at radius 3 is 1.83 bits per heavy atom. The normalized spacial score (nSPS) is 14.2. The molecule has 8 rings (SSSR count). The fourth-order valence-corrected chi connectivity index (χ4v) is 6.23. The number of amides is 2. The van der Waals surface area contributed by atoms with E-state index in [0.717, 1.165) is 84.3 Å². The second-order valence-corrected chi connectivity index (χ2v) is 13.1. The van der Waals surface area contributed by atoms with Crippen molar-refractivity contribution in [2.24, 2.45) is 33.0 Å². The van der Waals surface area contributed by atoms with Crippen LogP contribution in [-0.4, -0.2) is 110 Å². The maximum atomic E-state index is 11.6. The van der Waals surface area contributed by atoms with Crippen molar-refractivity contribution in [3.8, 4) is 0 Å². The van der Waals surface area contributed by atoms with Gasteiger partial charge in [-0.3, -0.25) is 19.0 Å². The van der Waals surface area contributed by atoms with Crippen molar-refractivity contribution < 1.29 is 9.59 Å². The van der Waals surface area contributed by atoms with Gasteiger partial charge in [-0.25, -0.2) is 9.97 Å². The van der Waals surface area contributed by atoms with Crippen LogP contribution in [0, 0.1) is 11.8 Å². The molecule has 2 fully saturated rings. The number of carbonyl (C=O) groups excluding carboxylic acids is 2. The average molecular weight is 719 g/mol. The fraction of sp³-hybridized carbons (Fsp3) is 0.314. The van der Waals surface area contributed by atoms with Crippen molar-refractivity contribution in [1.82, 2.24) is 58.8 Å². The molecule has 0 saturated carbocycles. The van der Waals surface area contributed by atoms with Crippen LogP contribution in [0.25, 0.3) is 22.1 Å². The predicted octanol–water partition coefficient (Wildman–Crippen LogP) is 2.99. The molecule has 0 bridgehead atoms. The Kier molecular flexibility index (Phi) is 9.74. The van der Waals surface area contributed by atoms with Gasteiger partial charge in [0.15, 0.2) is 11.6 Å². The van der Waals surface area contributed by atoms with Gasteiger partial charge >= 0.3 is 0 Å². The van der Waals surface area contributed by atoms with E-state index in [1.165, 1.54) is 12.2 Å². The molecule has 5 N–H and O–H groups in total. The molecule has 2 aliphatic rings. The SMILES string of the molecule is C=CC(=O)N1CC(CNc2nc(Nc3cnn(C)c3)nc3cc[nH]c23)C1.C=CC(=O)N1CC(CNc2nc(Nc3cnn(C)c3)nc3ccn(C)c23)C1. The molecule has 0 unspecified atom stereocenters. The zero-order chi connectivity index (χ0) is 37.1. The van der Waals surface area contributed by atoms with E-state index in [9.17, 15) is 9.59 Å². The van der Waals surface area contributed by atoms with E-state index in [-0.39, 0.29) is 11.8 Å². The maximum absolute atomic E-state index is 11.6. The van der Waals surface area contributed by atoms with Crippen LogP contribution in [0.5, 0.6) is 0 Å². The topological polar surface area (TPSA) is 197 Å². The van der Waals surface area contributed by atoms with Crippen molar-refractivity contribution in [3.63, 3.8) is 0 Å². The van der Waals surface area contributed by atoms with Gasteiger partial charge in [-0.05, 0) is 24.3 Å². The van der Waals surface area contributed by atoms with Gasteiger partial charge in [0.05, 0.1) is 34.8 Å². The van der Waals surface area contributed by atoms with Gasteiger partial charge in [0.2, 0.25) is 23.7 Å². The van der Waals surface area contributed by atoms with Gasteiger partial charge < -0.3 is 40.6 Å². The van der Waals surface area contributed by atoms with E-state index >= 15 is 0 Å².